The highest BCUT2D eigenvalue weighted by atomic mass is 16.2. The third-order valence-corrected chi connectivity index (χ3v) is 9.95. The second-order valence-electron chi connectivity index (χ2n) is 14.8. The van der Waals surface area contributed by atoms with Crippen molar-refractivity contribution in [2.24, 2.45) is 23.3 Å². The fraction of sp³-hybridized carbons (Fsp3) is 0.476. The first kappa shape index (κ1) is 41.8. The average molecular weight is 739 g/mol. The summed E-state index contributed by atoms with van der Waals surface area (Å²) in [5.74, 6) is -1.42. The van der Waals surface area contributed by atoms with Crippen LogP contribution >= 0.6 is 0 Å². The second kappa shape index (κ2) is 21.1. The monoisotopic (exact) mass is 738 g/mol. The molecule has 4 aromatic rings. The molecule has 2 amide bonds. The first-order valence-electron chi connectivity index (χ1n) is 19.4. The highest BCUT2D eigenvalue weighted by molar-refractivity contribution is 6.11. The molecule has 12 heteroatoms. The van der Waals surface area contributed by atoms with Crippen LogP contribution in [-0.4, -0.2) is 68.5 Å². The van der Waals surface area contributed by atoms with E-state index in [1.807, 2.05) is 27.7 Å². The Morgan fingerprint density at radius 3 is 1.20 bits per heavy atom. The number of primary amides is 2. The standard InChI is InChI=1S/C42H58N8O4/c1-27(2)37(39(51)33-21-29(35-23-45-25-49-35)15-17-31(33)41(43)53)47-19-13-11-9-7-5-6-8-10-12-14-20-48-38(28(3)4)40(52)34-22-30(36-24-46-26-50-36)16-18-32(34)42(44)54/h15-18,21-28,37-38,47-48H,5-14,19-20H2,1-4H3,(H2,43,53)(H2,44,54)(H,45,49)(H,46,50). The SMILES string of the molecule is CC(C)C(NCCCCCCCCCCCCNC(C(=O)c1cc(-c2cnc[nH]2)ccc1C(N)=O)C(C)C)C(=O)c1cc(-c2cnc[nH]2)ccc1C(N)=O. The van der Waals surface area contributed by atoms with E-state index in [2.05, 4.69) is 30.6 Å². The Balaban J connectivity index is 1.10. The van der Waals surface area contributed by atoms with Gasteiger partial charge in [0.2, 0.25) is 11.8 Å². The third-order valence-electron chi connectivity index (χ3n) is 9.95. The van der Waals surface area contributed by atoms with Gasteiger partial charge in [-0.3, -0.25) is 19.2 Å². The minimum atomic E-state index is -0.621. The fourth-order valence-electron chi connectivity index (χ4n) is 6.87. The molecule has 2 atom stereocenters. The number of nitrogens with two attached hydrogens (primary N) is 2. The van der Waals surface area contributed by atoms with Gasteiger partial charge in [0.1, 0.15) is 0 Å². The van der Waals surface area contributed by atoms with Crippen molar-refractivity contribution in [3.05, 3.63) is 83.7 Å². The van der Waals surface area contributed by atoms with E-state index in [1.165, 1.54) is 25.7 Å². The first-order chi connectivity index (χ1) is 26.0. The lowest BCUT2D eigenvalue weighted by Crippen LogP contribution is -2.42. The minimum absolute atomic E-state index is 0.0386. The lowest BCUT2D eigenvalue weighted by atomic mass is 9.90. The van der Waals surface area contributed by atoms with Crippen LogP contribution < -0.4 is 22.1 Å². The number of hydrogen-bond acceptors (Lipinski definition) is 8. The molecule has 2 heterocycles. The van der Waals surface area contributed by atoms with E-state index >= 15 is 0 Å². The largest absolute Gasteiger partial charge is 0.366 e. The van der Waals surface area contributed by atoms with E-state index in [0.717, 1.165) is 74.1 Å². The maximum absolute atomic E-state index is 13.7. The molecule has 2 aromatic carbocycles. The van der Waals surface area contributed by atoms with Crippen LogP contribution in [0.15, 0.2) is 61.4 Å². The van der Waals surface area contributed by atoms with Crippen molar-refractivity contribution in [1.82, 2.24) is 30.6 Å². The fourth-order valence-corrected chi connectivity index (χ4v) is 6.87. The molecule has 0 saturated heterocycles. The molecule has 54 heavy (non-hydrogen) atoms. The maximum Gasteiger partial charge on any atom is 0.249 e. The predicted molar refractivity (Wildman–Crippen MR) is 213 cm³/mol. The lowest BCUT2D eigenvalue weighted by Gasteiger charge is -2.22. The van der Waals surface area contributed by atoms with E-state index < -0.39 is 23.9 Å². The van der Waals surface area contributed by atoms with Crippen molar-refractivity contribution in [2.75, 3.05) is 13.1 Å². The topological polar surface area (TPSA) is 202 Å². The van der Waals surface area contributed by atoms with Crippen LogP contribution in [0.3, 0.4) is 0 Å². The van der Waals surface area contributed by atoms with E-state index in [9.17, 15) is 19.2 Å². The molecule has 0 aliphatic carbocycles. The number of H-pyrrole nitrogens is 2. The van der Waals surface area contributed by atoms with Crippen LogP contribution in [0.1, 0.15) is 133 Å². The molecule has 0 saturated carbocycles. The molecule has 0 bridgehead atoms. The van der Waals surface area contributed by atoms with Crippen molar-refractivity contribution >= 4 is 23.4 Å². The number of amides is 2. The molecule has 4 rings (SSSR count). The van der Waals surface area contributed by atoms with E-state index in [4.69, 9.17) is 11.5 Å². The van der Waals surface area contributed by atoms with Gasteiger partial charge in [0.05, 0.1) is 48.5 Å². The van der Waals surface area contributed by atoms with Crippen molar-refractivity contribution in [3.63, 3.8) is 0 Å². The molecular formula is C42H58N8O4. The Labute approximate surface area is 319 Å². The highest BCUT2D eigenvalue weighted by Crippen LogP contribution is 2.25. The number of nitrogens with zero attached hydrogens (tertiary/aromatic N) is 2. The molecular weight excluding hydrogens is 681 g/mol. The summed E-state index contributed by atoms with van der Waals surface area (Å²) in [6, 6.07) is 9.37. The number of ketones is 2. The molecule has 0 aliphatic rings. The Bertz CT molecular complexity index is 1670. The number of aromatic amines is 2. The zero-order valence-corrected chi connectivity index (χ0v) is 32.3. The zero-order valence-electron chi connectivity index (χ0n) is 32.3. The molecule has 8 N–H and O–H groups in total. The molecule has 0 fully saturated rings. The molecule has 0 radical (unpaired) electrons. The summed E-state index contributed by atoms with van der Waals surface area (Å²) < 4.78 is 0. The van der Waals surface area contributed by atoms with Gasteiger partial charge in [-0.25, -0.2) is 9.97 Å². The minimum Gasteiger partial charge on any atom is -0.366 e. The van der Waals surface area contributed by atoms with E-state index in [0.29, 0.717) is 11.1 Å². The van der Waals surface area contributed by atoms with Gasteiger partial charge < -0.3 is 32.1 Å². The second-order valence-corrected chi connectivity index (χ2v) is 14.8. The van der Waals surface area contributed by atoms with Crippen LogP contribution in [0.25, 0.3) is 22.5 Å². The van der Waals surface area contributed by atoms with Gasteiger partial charge in [0, 0.05) is 33.4 Å². The lowest BCUT2D eigenvalue weighted by molar-refractivity contribution is 0.0901. The van der Waals surface area contributed by atoms with Gasteiger partial charge in [-0.05, 0) is 62.0 Å². The van der Waals surface area contributed by atoms with Crippen LogP contribution in [0.2, 0.25) is 0 Å². The summed E-state index contributed by atoms with van der Waals surface area (Å²) in [7, 11) is 0. The summed E-state index contributed by atoms with van der Waals surface area (Å²) in [4.78, 5) is 65.9. The quantitative estimate of drug-likeness (QED) is 0.0313. The van der Waals surface area contributed by atoms with Crippen LogP contribution in [0, 0.1) is 11.8 Å². The molecule has 12 nitrogen and oxygen atoms in total. The Morgan fingerprint density at radius 1 is 0.556 bits per heavy atom. The van der Waals surface area contributed by atoms with Crippen molar-refractivity contribution in [1.29, 1.82) is 0 Å². The summed E-state index contributed by atoms with van der Waals surface area (Å²) in [5, 5.41) is 6.90. The first-order valence-corrected chi connectivity index (χ1v) is 19.4. The van der Waals surface area contributed by atoms with Crippen molar-refractivity contribution in [3.8, 4) is 22.5 Å². The van der Waals surface area contributed by atoms with Gasteiger partial charge in [0.25, 0.3) is 0 Å². The number of carbonyl (C=O) groups excluding carboxylic acids is 4. The summed E-state index contributed by atoms with van der Waals surface area (Å²) >= 11 is 0. The number of hydrogen-bond donors (Lipinski definition) is 6. The third kappa shape index (κ3) is 11.8. The number of nitrogens with one attached hydrogen (secondary N) is 4. The predicted octanol–water partition coefficient (Wildman–Crippen LogP) is 6.86. The van der Waals surface area contributed by atoms with Crippen LogP contribution in [0.4, 0.5) is 0 Å². The summed E-state index contributed by atoms with van der Waals surface area (Å²) in [5.41, 5.74) is 15.5. The summed E-state index contributed by atoms with van der Waals surface area (Å²) in [6.45, 7) is 9.47. The van der Waals surface area contributed by atoms with E-state index in [-0.39, 0.29) is 34.5 Å². The molecule has 290 valence electrons. The number of unbranched alkanes of at least 4 members (excludes halogenated alkanes) is 9. The number of rotatable bonds is 25. The summed E-state index contributed by atoms with van der Waals surface area (Å²) in [6.07, 6.45) is 17.7. The van der Waals surface area contributed by atoms with E-state index in [1.54, 1.807) is 61.4 Å². The van der Waals surface area contributed by atoms with Gasteiger partial charge in [-0.2, -0.15) is 0 Å². The number of carbonyl (C=O) groups is 4. The van der Waals surface area contributed by atoms with Gasteiger partial charge in [-0.1, -0.05) is 91.2 Å². The number of Topliss-reactive ketones (excluding diaryl/α,β-unsaturated/α-hetero) is 2. The maximum atomic E-state index is 13.7. The highest BCUT2D eigenvalue weighted by Gasteiger charge is 2.28. The molecule has 2 aromatic heterocycles. The smallest absolute Gasteiger partial charge is 0.249 e. The van der Waals surface area contributed by atoms with Gasteiger partial charge in [-0.15, -0.1) is 0 Å². The van der Waals surface area contributed by atoms with Crippen molar-refractivity contribution < 1.29 is 19.2 Å². The Kier molecular flexibility index (Phi) is 16.3. The Hall–Kier alpha value is -4.94. The molecule has 0 spiro atoms. The van der Waals surface area contributed by atoms with Gasteiger partial charge >= 0.3 is 0 Å². The number of imidazole rings is 2. The van der Waals surface area contributed by atoms with Crippen LogP contribution in [0.5, 0.6) is 0 Å². The van der Waals surface area contributed by atoms with Crippen LogP contribution in [-0.2, 0) is 0 Å². The normalized spacial score (nSPS) is 12.6. The number of aromatic nitrogens is 4. The van der Waals surface area contributed by atoms with Gasteiger partial charge in [0.15, 0.2) is 11.6 Å². The number of benzene rings is 2. The average Bonchev–Trinajstić information content (AvgIpc) is 3.89. The van der Waals surface area contributed by atoms with Crippen molar-refractivity contribution in [2.45, 2.75) is 104 Å². The molecule has 0 aliphatic heterocycles. The zero-order chi connectivity index (χ0) is 39.0. The molecule has 2 unspecified atom stereocenters. The Morgan fingerprint density at radius 2 is 0.907 bits per heavy atom.